The molecule has 1 aromatic carbocycles. The van der Waals surface area contributed by atoms with E-state index < -0.39 is 0 Å². The average Bonchev–Trinajstić information content (AvgIpc) is 2.23. The fraction of sp³-hybridized carbons (Fsp3) is 0.0909. The molecular weight excluding hydrogens is 275 g/mol. The van der Waals surface area contributed by atoms with Crippen molar-refractivity contribution in [2.24, 2.45) is 0 Å². The summed E-state index contributed by atoms with van der Waals surface area (Å²) in [5.74, 6) is 0. The Morgan fingerprint density at radius 2 is 2.20 bits per heavy atom. The van der Waals surface area contributed by atoms with Crippen LogP contribution in [0.3, 0.4) is 0 Å². The average molecular weight is 282 g/mol. The van der Waals surface area contributed by atoms with Crippen LogP contribution in [0.15, 0.2) is 22.8 Å². The SMILES string of the molecule is Cc1ccc(Br)c2ncc(C#N)c(Cl)c12. The predicted molar refractivity (Wildman–Crippen MR) is 63.9 cm³/mol. The van der Waals surface area contributed by atoms with Gasteiger partial charge in [0.2, 0.25) is 0 Å². The van der Waals surface area contributed by atoms with E-state index in [4.69, 9.17) is 16.9 Å². The topological polar surface area (TPSA) is 36.7 Å². The summed E-state index contributed by atoms with van der Waals surface area (Å²) in [5, 5.41) is 10.2. The van der Waals surface area contributed by atoms with Crippen LogP contribution in [0.4, 0.5) is 0 Å². The van der Waals surface area contributed by atoms with E-state index in [9.17, 15) is 0 Å². The van der Waals surface area contributed by atoms with Crippen LogP contribution in [0.25, 0.3) is 10.9 Å². The zero-order valence-corrected chi connectivity index (χ0v) is 10.2. The van der Waals surface area contributed by atoms with E-state index in [1.54, 1.807) is 0 Å². The van der Waals surface area contributed by atoms with Gasteiger partial charge >= 0.3 is 0 Å². The van der Waals surface area contributed by atoms with Gasteiger partial charge in [-0.1, -0.05) is 17.7 Å². The summed E-state index contributed by atoms with van der Waals surface area (Å²) in [5.41, 5.74) is 2.21. The number of benzene rings is 1. The van der Waals surface area contributed by atoms with Gasteiger partial charge < -0.3 is 0 Å². The highest BCUT2D eigenvalue weighted by atomic mass is 79.9. The first-order valence-corrected chi connectivity index (χ1v) is 5.45. The molecule has 0 aliphatic rings. The smallest absolute Gasteiger partial charge is 0.102 e. The molecule has 0 bridgehead atoms. The number of nitriles is 1. The van der Waals surface area contributed by atoms with Crippen molar-refractivity contribution in [2.75, 3.05) is 0 Å². The van der Waals surface area contributed by atoms with Crippen LogP contribution in [-0.4, -0.2) is 4.98 Å². The molecule has 0 radical (unpaired) electrons. The Morgan fingerprint density at radius 1 is 1.47 bits per heavy atom. The molecule has 74 valence electrons. The van der Waals surface area contributed by atoms with E-state index >= 15 is 0 Å². The van der Waals surface area contributed by atoms with E-state index in [2.05, 4.69) is 20.9 Å². The molecule has 1 heterocycles. The molecule has 0 spiro atoms. The van der Waals surface area contributed by atoms with E-state index in [1.165, 1.54) is 6.20 Å². The number of aryl methyl sites for hydroxylation is 1. The van der Waals surface area contributed by atoms with Crippen molar-refractivity contribution in [3.8, 4) is 6.07 Å². The molecule has 0 unspecified atom stereocenters. The summed E-state index contributed by atoms with van der Waals surface area (Å²) in [6.45, 7) is 1.95. The van der Waals surface area contributed by atoms with Crippen LogP contribution in [0.5, 0.6) is 0 Å². The lowest BCUT2D eigenvalue weighted by molar-refractivity contribution is 1.35. The van der Waals surface area contributed by atoms with Gasteiger partial charge in [-0.05, 0) is 34.5 Å². The molecule has 0 aliphatic carbocycles. The highest BCUT2D eigenvalue weighted by Crippen LogP contribution is 2.32. The monoisotopic (exact) mass is 280 g/mol. The van der Waals surface area contributed by atoms with Crippen molar-refractivity contribution in [3.63, 3.8) is 0 Å². The molecule has 0 aliphatic heterocycles. The minimum atomic E-state index is 0.408. The predicted octanol–water partition coefficient (Wildman–Crippen LogP) is 3.83. The minimum Gasteiger partial charge on any atom is -0.254 e. The number of hydrogen-bond donors (Lipinski definition) is 0. The Balaban J connectivity index is 3.00. The molecule has 0 atom stereocenters. The molecule has 0 fully saturated rings. The third-order valence-corrected chi connectivity index (χ3v) is 3.27. The second kappa shape index (κ2) is 3.80. The van der Waals surface area contributed by atoms with Gasteiger partial charge in [0.05, 0.1) is 16.1 Å². The van der Waals surface area contributed by atoms with Gasteiger partial charge in [0.15, 0.2) is 0 Å². The number of rotatable bonds is 0. The lowest BCUT2D eigenvalue weighted by atomic mass is 10.1. The second-order valence-corrected chi connectivity index (χ2v) is 4.42. The van der Waals surface area contributed by atoms with Gasteiger partial charge in [0.25, 0.3) is 0 Å². The molecule has 2 nitrogen and oxygen atoms in total. The van der Waals surface area contributed by atoms with Crippen LogP contribution in [-0.2, 0) is 0 Å². The van der Waals surface area contributed by atoms with Gasteiger partial charge in [0.1, 0.15) is 6.07 Å². The molecule has 1 aromatic heterocycles. The number of halogens is 2. The Bertz CT molecular complexity index is 587. The van der Waals surface area contributed by atoms with Crippen LogP contribution in [0.2, 0.25) is 5.02 Å². The Hall–Kier alpha value is -1.11. The fourth-order valence-corrected chi connectivity index (χ4v) is 2.23. The van der Waals surface area contributed by atoms with E-state index in [1.807, 2.05) is 25.1 Å². The fourth-order valence-electron chi connectivity index (χ4n) is 1.47. The first-order valence-electron chi connectivity index (χ1n) is 4.28. The summed E-state index contributed by atoms with van der Waals surface area (Å²) in [7, 11) is 0. The highest BCUT2D eigenvalue weighted by molar-refractivity contribution is 9.10. The van der Waals surface area contributed by atoms with E-state index in [0.717, 1.165) is 20.9 Å². The maximum atomic E-state index is 8.85. The summed E-state index contributed by atoms with van der Waals surface area (Å²) < 4.78 is 0.884. The standard InChI is InChI=1S/C11H6BrClN2/c1-6-2-3-8(12)11-9(6)10(13)7(4-14)5-15-11/h2-3,5H,1H3. The quantitative estimate of drug-likeness (QED) is 0.736. The number of aromatic nitrogens is 1. The third kappa shape index (κ3) is 1.60. The van der Waals surface area contributed by atoms with Crippen molar-refractivity contribution >= 4 is 38.4 Å². The second-order valence-electron chi connectivity index (χ2n) is 3.19. The molecule has 0 saturated heterocycles. The zero-order valence-electron chi connectivity index (χ0n) is 7.88. The normalized spacial score (nSPS) is 10.3. The Kier molecular flexibility index (Phi) is 2.64. The number of fused-ring (bicyclic) bond motifs is 1. The first kappa shape index (κ1) is 10.4. The summed E-state index contributed by atoms with van der Waals surface area (Å²) >= 11 is 9.54. The van der Waals surface area contributed by atoms with Crippen molar-refractivity contribution in [3.05, 3.63) is 39.0 Å². The van der Waals surface area contributed by atoms with Crippen LogP contribution in [0.1, 0.15) is 11.1 Å². The van der Waals surface area contributed by atoms with Crippen LogP contribution < -0.4 is 0 Å². The number of pyridine rings is 1. The van der Waals surface area contributed by atoms with Crippen molar-refractivity contribution < 1.29 is 0 Å². The van der Waals surface area contributed by atoms with Crippen molar-refractivity contribution in [1.29, 1.82) is 5.26 Å². The van der Waals surface area contributed by atoms with Crippen LogP contribution >= 0.6 is 27.5 Å². The molecule has 4 heteroatoms. The number of nitrogens with zero attached hydrogens (tertiary/aromatic N) is 2. The summed E-state index contributed by atoms with van der Waals surface area (Å²) in [6, 6.07) is 5.89. The van der Waals surface area contributed by atoms with Gasteiger partial charge in [-0.25, -0.2) is 0 Å². The molecule has 0 amide bonds. The lowest BCUT2D eigenvalue weighted by Gasteiger charge is -2.06. The van der Waals surface area contributed by atoms with E-state index in [0.29, 0.717) is 10.6 Å². The third-order valence-electron chi connectivity index (χ3n) is 2.24. The van der Waals surface area contributed by atoms with Gasteiger partial charge in [-0.3, -0.25) is 4.98 Å². The largest absolute Gasteiger partial charge is 0.254 e. The maximum absolute atomic E-state index is 8.85. The summed E-state index contributed by atoms with van der Waals surface area (Å²) in [6.07, 6.45) is 1.49. The molecule has 2 aromatic rings. The Morgan fingerprint density at radius 3 is 2.87 bits per heavy atom. The molecule has 2 rings (SSSR count). The lowest BCUT2D eigenvalue weighted by Crippen LogP contribution is -1.88. The van der Waals surface area contributed by atoms with Gasteiger partial charge in [0, 0.05) is 16.1 Å². The molecule has 0 saturated carbocycles. The van der Waals surface area contributed by atoms with E-state index in [-0.39, 0.29) is 0 Å². The van der Waals surface area contributed by atoms with Crippen LogP contribution in [0, 0.1) is 18.3 Å². The molecular formula is C11H6BrClN2. The van der Waals surface area contributed by atoms with Crippen molar-refractivity contribution in [1.82, 2.24) is 4.98 Å². The zero-order chi connectivity index (χ0) is 11.0. The van der Waals surface area contributed by atoms with Gasteiger partial charge in [-0.2, -0.15) is 5.26 Å². The van der Waals surface area contributed by atoms with Crippen molar-refractivity contribution in [2.45, 2.75) is 6.92 Å². The number of hydrogen-bond acceptors (Lipinski definition) is 2. The minimum absolute atomic E-state index is 0.408. The molecule has 15 heavy (non-hydrogen) atoms. The maximum Gasteiger partial charge on any atom is 0.102 e. The molecule has 0 N–H and O–H groups in total. The first-order chi connectivity index (χ1) is 7.15. The summed E-state index contributed by atoms with van der Waals surface area (Å²) in [4.78, 5) is 4.22. The Labute approximate surface area is 101 Å². The van der Waals surface area contributed by atoms with Gasteiger partial charge in [-0.15, -0.1) is 0 Å². The highest BCUT2D eigenvalue weighted by Gasteiger charge is 2.10.